The van der Waals surface area contributed by atoms with E-state index in [-0.39, 0.29) is 47.7 Å². The Kier molecular flexibility index (Phi) is 12.6. The summed E-state index contributed by atoms with van der Waals surface area (Å²) in [6.45, 7) is 0.675. The van der Waals surface area contributed by atoms with Crippen LogP contribution in [0.25, 0.3) is 0 Å². The van der Waals surface area contributed by atoms with Gasteiger partial charge in [0.1, 0.15) is 11.6 Å². The smallest absolute Gasteiger partial charge is 0.387 e. The Hall–Kier alpha value is -1.80. The van der Waals surface area contributed by atoms with Gasteiger partial charge in [0.05, 0.1) is 13.2 Å². The number of nitrogens with zero attached hydrogens (tertiary/aromatic N) is 3. The molecule has 31 heavy (non-hydrogen) atoms. The highest BCUT2D eigenvalue weighted by Crippen LogP contribution is 2.23. The van der Waals surface area contributed by atoms with Gasteiger partial charge in [-0.25, -0.2) is 4.39 Å². The van der Waals surface area contributed by atoms with Gasteiger partial charge < -0.3 is 25.0 Å². The van der Waals surface area contributed by atoms with Crippen molar-refractivity contribution in [2.24, 2.45) is 4.99 Å². The van der Waals surface area contributed by atoms with E-state index in [1.54, 1.807) is 14.2 Å². The number of amides is 1. The summed E-state index contributed by atoms with van der Waals surface area (Å²) in [5.74, 6) is -0.391. The summed E-state index contributed by atoms with van der Waals surface area (Å²) in [5.41, 5.74) is 0.00492. The number of nitrogens with one attached hydrogen (secondary N) is 2. The zero-order chi connectivity index (χ0) is 21.9. The molecular formula is C19H29F3IN5O3. The molecule has 0 atom stereocenters. The van der Waals surface area contributed by atoms with Crippen molar-refractivity contribution in [3.63, 3.8) is 0 Å². The predicted molar refractivity (Wildman–Crippen MR) is 122 cm³/mol. The monoisotopic (exact) mass is 559 g/mol. The first-order chi connectivity index (χ1) is 14.4. The normalized spacial score (nSPS) is 14.9. The van der Waals surface area contributed by atoms with Gasteiger partial charge in [-0.15, -0.1) is 24.0 Å². The van der Waals surface area contributed by atoms with E-state index in [0.717, 1.165) is 0 Å². The summed E-state index contributed by atoms with van der Waals surface area (Å²) < 4.78 is 48.5. The fourth-order valence-electron chi connectivity index (χ4n) is 3.09. The van der Waals surface area contributed by atoms with Gasteiger partial charge in [0.15, 0.2) is 5.96 Å². The minimum absolute atomic E-state index is 0. The average Bonchev–Trinajstić information content (AvgIpc) is 2.71. The van der Waals surface area contributed by atoms with Gasteiger partial charge in [-0.2, -0.15) is 8.78 Å². The zero-order valence-electron chi connectivity index (χ0n) is 17.6. The molecule has 1 saturated heterocycles. The van der Waals surface area contributed by atoms with Crippen LogP contribution >= 0.6 is 24.0 Å². The third-order valence-electron chi connectivity index (χ3n) is 4.59. The van der Waals surface area contributed by atoms with Gasteiger partial charge in [0.25, 0.3) is 0 Å². The lowest BCUT2D eigenvalue weighted by Gasteiger charge is -2.36. The summed E-state index contributed by atoms with van der Waals surface area (Å²) >= 11 is 0. The standard InChI is InChI=1S/C19H28F3N5O3.HI/c1-23-19(25-12-14-15(20)4-3-5-16(14)30-18(21)22)27-9-7-26(8-10-27)13-17(28)24-6-11-29-2;/h3-5,18H,6-13H2,1-2H3,(H,23,25)(H,24,28);1H. The Labute approximate surface area is 197 Å². The SMILES string of the molecule is CN=C(NCc1c(F)cccc1OC(F)F)N1CCN(CC(=O)NCCOC)CC1.I. The molecule has 1 heterocycles. The van der Waals surface area contributed by atoms with Crippen LogP contribution in [0.1, 0.15) is 5.56 Å². The lowest BCUT2D eigenvalue weighted by Crippen LogP contribution is -2.54. The van der Waals surface area contributed by atoms with Crippen LogP contribution in [0.5, 0.6) is 5.75 Å². The van der Waals surface area contributed by atoms with Crippen LogP contribution in [0.2, 0.25) is 0 Å². The third kappa shape index (κ3) is 9.07. The van der Waals surface area contributed by atoms with E-state index in [2.05, 4.69) is 20.4 Å². The molecule has 0 aliphatic carbocycles. The first kappa shape index (κ1) is 27.2. The second-order valence-corrected chi connectivity index (χ2v) is 6.60. The number of methoxy groups -OCH3 is 1. The number of hydrogen-bond donors (Lipinski definition) is 2. The van der Waals surface area contributed by atoms with Crippen molar-refractivity contribution in [2.45, 2.75) is 13.2 Å². The molecule has 0 saturated carbocycles. The molecule has 1 aliphatic rings. The maximum absolute atomic E-state index is 14.1. The molecule has 12 heteroatoms. The summed E-state index contributed by atoms with van der Waals surface area (Å²) in [4.78, 5) is 20.1. The number of carbonyl (C=O) groups is 1. The Morgan fingerprint density at radius 3 is 2.55 bits per heavy atom. The number of hydrogen-bond acceptors (Lipinski definition) is 5. The van der Waals surface area contributed by atoms with Crippen molar-refractivity contribution in [1.29, 1.82) is 0 Å². The number of carbonyl (C=O) groups excluding carboxylic acids is 1. The molecule has 1 amide bonds. The van der Waals surface area contributed by atoms with E-state index in [0.29, 0.717) is 51.8 Å². The number of aliphatic imine (C=N–C) groups is 1. The van der Waals surface area contributed by atoms with Crippen LogP contribution in [0.4, 0.5) is 13.2 Å². The molecule has 1 fully saturated rings. The van der Waals surface area contributed by atoms with E-state index in [1.165, 1.54) is 18.2 Å². The van der Waals surface area contributed by atoms with Crippen LogP contribution in [0.15, 0.2) is 23.2 Å². The van der Waals surface area contributed by atoms with Gasteiger partial charge in [-0.05, 0) is 12.1 Å². The minimum atomic E-state index is -3.04. The highest BCUT2D eigenvalue weighted by atomic mass is 127. The molecule has 1 aromatic carbocycles. The second kappa shape index (κ2) is 14.3. The number of rotatable bonds is 9. The summed E-state index contributed by atoms with van der Waals surface area (Å²) in [5, 5.41) is 5.78. The first-order valence-electron chi connectivity index (χ1n) is 9.60. The summed E-state index contributed by atoms with van der Waals surface area (Å²) in [7, 11) is 3.17. The van der Waals surface area contributed by atoms with Crippen molar-refractivity contribution >= 4 is 35.8 Å². The van der Waals surface area contributed by atoms with Crippen molar-refractivity contribution in [3.8, 4) is 5.75 Å². The molecule has 2 N–H and O–H groups in total. The number of halogens is 4. The van der Waals surface area contributed by atoms with Crippen LogP contribution in [-0.4, -0.2) is 88.3 Å². The highest BCUT2D eigenvalue weighted by Gasteiger charge is 2.22. The number of piperazine rings is 1. The lowest BCUT2D eigenvalue weighted by molar-refractivity contribution is -0.122. The molecule has 2 rings (SSSR count). The predicted octanol–water partition coefficient (Wildman–Crippen LogP) is 1.50. The molecule has 176 valence electrons. The summed E-state index contributed by atoms with van der Waals surface area (Å²) in [6, 6.07) is 3.80. The van der Waals surface area contributed by atoms with E-state index in [9.17, 15) is 18.0 Å². The Morgan fingerprint density at radius 1 is 1.23 bits per heavy atom. The molecule has 8 nitrogen and oxygen atoms in total. The topological polar surface area (TPSA) is 78.4 Å². The molecule has 1 aromatic rings. The van der Waals surface area contributed by atoms with Gasteiger partial charge in [-0.1, -0.05) is 6.07 Å². The van der Waals surface area contributed by atoms with Gasteiger partial charge in [0.2, 0.25) is 5.91 Å². The molecule has 0 unspecified atom stereocenters. The molecule has 1 aliphatic heterocycles. The van der Waals surface area contributed by atoms with Gasteiger partial charge >= 0.3 is 6.61 Å². The molecular weight excluding hydrogens is 530 g/mol. The molecule has 0 radical (unpaired) electrons. The van der Waals surface area contributed by atoms with E-state index < -0.39 is 12.4 Å². The molecule has 0 bridgehead atoms. The lowest BCUT2D eigenvalue weighted by atomic mass is 10.2. The van der Waals surface area contributed by atoms with E-state index >= 15 is 0 Å². The van der Waals surface area contributed by atoms with Crippen LogP contribution in [0.3, 0.4) is 0 Å². The van der Waals surface area contributed by atoms with Crippen molar-refractivity contribution in [3.05, 3.63) is 29.6 Å². The Balaban J connectivity index is 0.00000480. The maximum atomic E-state index is 14.1. The number of ether oxygens (including phenoxy) is 2. The second-order valence-electron chi connectivity index (χ2n) is 6.60. The zero-order valence-corrected chi connectivity index (χ0v) is 19.9. The van der Waals surface area contributed by atoms with Crippen LogP contribution in [0, 0.1) is 5.82 Å². The fraction of sp³-hybridized carbons (Fsp3) is 0.579. The van der Waals surface area contributed by atoms with E-state index in [4.69, 9.17) is 4.74 Å². The quantitative estimate of drug-likeness (QED) is 0.207. The fourth-order valence-corrected chi connectivity index (χ4v) is 3.09. The third-order valence-corrected chi connectivity index (χ3v) is 4.59. The van der Waals surface area contributed by atoms with Crippen molar-refractivity contribution in [1.82, 2.24) is 20.4 Å². The Bertz CT molecular complexity index is 719. The maximum Gasteiger partial charge on any atom is 0.387 e. The van der Waals surface area contributed by atoms with Crippen LogP contribution in [-0.2, 0) is 16.1 Å². The number of guanidine groups is 1. The van der Waals surface area contributed by atoms with Crippen molar-refractivity contribution in [2.75, 3.05) is 60.0 Å². The van der Waals surface area contributed by atoms with Gasteiger partial charge in [0, 0.05) is 59.0 Å². The largest absolute Gasteiger partial charge is 0.434 e. The Morgan fingerprint density at radius 2 is 1.94 bits per heavy atom. The van der Waals surface area contributed by atoms with E-state index in [1.807, 2.05) is 9.80 Å². The van der Waals surface area contributed by atoms with Crippen LogP contribution < -0.4 is 15.4 Å². The molecule has 0 spiro atoms. The average molecular weight is 559 g/mol. The minimum Gasteiger partial charge on any atom is -0.434 e. The molecule has 0 aromatic heterocycles. The summed E-state index contributed by atoms with van der Waals surface area (Å²) in [6.07, 6.45) is 0. The first-order valence-corrected chi connectivity index (χ1v) is 9.60. The number of alkyl halides is 2. The number of benzene rings is 1. The van der Waals surface area contributed by atoms with Gasteiger partial charge in [-0.3, -0.25) is 14.7 Å². The highest BCUT2D eigenvalue weighted by molar-refractivity contribution is 14.0. The van der Waals surface area contributed by atoms with Crippen molar-refractivity contribution < 1.29 is 27.4 Å².